The van der Waals surface area contributed by atoms with E-state index < -0.39 is 0 Å². The van der Waals surface area contributed by atoms with Crippen molar-refractivity contribution < 1.29 is 9.53 Å². The molecule has 0 saturated carbocycles. The summed E-state index contributed by atoms with van der Waals surface area (Å²) in [5, 5.41) is 7.18. The quantitative estimate of drug-likeness (QED) is 0.937. The number of rotatable bonds is 3. The van der Waals surface area contributed by atoms with Crippen molar-refractivity contribution in [2.75, 3.05) is 18.5 Å². The molecule has 2 heterocycles. The monoisotopic (exact) mass is 335 g/mol. The molecule has 1 aromatic carbocycles. The highest BCUT2D eigenvalue weighted by atomic mass is 79.9. The molecule has 1 saturated heterocycles. The van der Waals surface area contributed by atoms with Crippen LogP contribution in [0.15, 0.2) is 41.1 Å². The number of amides is 1. The first kappa shape index (κ1) is 13.3. The van der Waals surface area contributed by atoms with E-state index in [1.807, 2.05) is 30.5 Å². The van der Waals surface area contributed by atoms with Gasteiger partial charge in [-0.25, -0.2) is 4.68 Å². The van der Waals surface area contributed by atoms with Gasteiger partial charge < -0.3 is 10.1 Å². The van der Waals surface area contributed by atoms with E-state index in [4.69, 9.17) is 4.74 Å². The minimum atomic E-state index is -0.0700. The lowest BCUT2D eigenvalue weighted by molar-refractivity contribution is -0.119. The number of anilines is 1. The Morgan fingerprint density at radius 3 is 3.10 bits per heavy atom. The minimum Gasteiger partial charge on any atom is -0.381 e. The molecule has 1 aliphatic rings. The number of halogens is 1. The van der Waals surface area contributed by atoms with Gasteiger partial charge in [0.15, 0.2) is 0 Å². The summed E-state index contributed by atoms with van der Waals surface area (Å²) in [6.07, 6.45) is 4.33. The highest BCUT2D eigenvalue weighted by Crippen LogP contribution is 2.25. The lowest BCUT2D eigenvalue weighted by atomic mass is 10.1. The van der Waals surface area contributed by atoms with Gasteiger partial charge >= 0.3 is 0 Å². The standard InChI is InChI=1S/C14H14BrN3O2/c15-11-2-3-13(18-6-1-5-16-18)12(8-11)17-14(19)10-4-7-20-9-10/h1-3,5-6,8,10H,4,7,9H2,(H,17,19)/t10-/m1/s1. The van der Waals surface area contributed by atoms with Crippen molar-refractivity contribution in [2.24, 2.45) is 5.92 Å². The molecule has 0 unspecified atom stereocenters. The van der Waals surface area contributed by atoms with Crippen molar-refractivity contribution in [1.29, 1.82) is 0 Å². The summed E-state index contributed by atoms with van der Waals surface area (Å²) in [5.74, 6) is -0.0755. The van der Waals surface area contributed by atoms with Crippen LogP contribution in [0.4, 0.5) is 5.69 Å². The highest BCUT2D eigenvalue weighted by Gasteiger charge is 2.24. The van der Waals surface area contributed by atoms with Gasteiger partial charge in [0.2, 0.25) is 5.91 Å². The topological polar surface area (TPSA) is 56.2 Å². The maximum atomic E-state index is 12.2. The van der Waals surface area contributed by atoms with E-state index in [1.54, 1.807) is 10.9 Å². The average molecular weight is 336 g/mol. The van der Waals surface area contributed by atoms with Crippen molar-refractivity contribution in [2.45, 2.75) is 6.42 Å². The van der Waals surface area contributed by atoms with E-state index in [1.165, 1.54) is 0 Å². The second-order valence-electron chi connectivity index (χ2n) is 4.66. The zero-order valence-corrected chi connectivity index (χ0v) is 12.3. The summed E-state index contributed by atoms with van der Waals surface area (Å²) in [6, 6.07) is 7.56. The molecule has 1 atom stereocenters. The van der Waals surface area contributed by atoms with Crippen molar-refractivity contribution >= 4 is 27.5 Å². The Bertz CT molecular complexity index is 607. The van der Waals surface area contributed by atoms with Crippen LogP contribution in [0.1, 0.15) is 6.42 Å². The molecule has 1 N–H and O–H groups in total. The molecule has 20 heavy (non-hydrogen) atoms. The van der Waals surface area contributed by atoms with Crippen LogP contribution in [0.25, 0.3) is 5.69 Å². The Labute approximate surface area is 125 Å². The van der Waals surface area contributed by atoms with Crippen LogP contribution in [0, 0.1) is 5.92 Å². The summed E-state index contributed by atoms with van der Waals surface area (Å²) in [4.78, 5) is 12.2. The van der Waals surface area contributed by atoms with E-state index in [2.05, 4.69) is 26.3 Å². The Hall–Kier alpha value is -1.66. The fraction of sp³-hybridized carbons (Fsp3) is 0.286. The van der Waals surface area contributed by atoms with Gasteiger partial charge in [-0.2, -0.15) is 5.10 Å². The van der Waals surface area contributed by atoms with Crippen LogP contribution in [0.5, 0.6) is 0 Å². The van der Waals surface area contributed by atoms with Crippen LogP contribution in [-0.2, 0) is 9.53 Å². The van der Waals surface area contributed by atoms with Gasteiger partial charge in [0.1, 0.15) is 0 Å². The first-order valence-electron chi connectivity index (χ1n) is 6.42. The highest BCUT2D eigenvalue weighted by molar-refractivity contribution is 9.10. The molecule has 1 aliphatic heterocycles. The van der Waals surface area contributed by atoms with Crippen LogP contribution >= 0.6 is 15.9 Å². The van der Waals surface area contributed by atoms with Gasteiger partial charge in [0.05, 0.1) is 23.9 Å². The number of hydrogen-bond donors (Lipinski definition) is 1. The van der Waals surface area contributed by atoms with E-state index in [0.717, 1.165) is 22.3 Å². The Morgan fingerprint density at radius 2 is 2.40 bits per heavy atom. The summed E-state index contributed by atoms with van der Waals surface area (Å²) in [5.41, 5.74) is 1.57. The smallest absolute Gasteiger partial charge is 0.229 e. The predicted molar refractivity (Wildman–Crippen MR) is 78.8 cm³/mol. The molecular formula is C14H14BrN3O2. The zero-order valence-electron chi connectivity index (χ0n) is 10.8. The molecule has 3 rings (SSSR count). The predicted octanol–water partition coefficient (Wildman–Crippen LogP) is 2.61. The first-order chi connectivity index (χ1) is 9.74. The van der Waals surface area contributed by atoms with E-state index in [-0.39, 0.29) is 11.8 Å². The Balaban J connectivity index is 1.87. The number of ether oxygens (including phenoxy) is 1. The SMILES string of the molecule is O=C(Nc1cc(Br)ccc1-n1cccn1)[C@@H]1CCOC1. The van der Waals surface area contributed by atoms with Gasteiger partial charge in [-0.1, -0.05) is 15.9 Å². The lowest BCUT2D eigenvalue weighted by Gasteiger charge is -2.14. The number of carbonyl (C=O) groups is 1. The molecule has 2 aromatic rings. The maximum Gasteiger partial charge on any atom is 0.229 e. The number of nitrogens with zero attached hydrogens (tertiary/aromatic N) is 2. The summed E-state index contributed by atoms with van der Waals surface area (Å²) in [7, 11) is 0. The van der Waals surface area contributed by atoms with Crippen LogP contribution in [-0.4, -0.2) is 28.9 Å². The fourth-order valence-corrected chi connectivity index (χ4v) is 2.56. The third-order valence-electron chi connectivity index (χ3n) is 3.27. The molecule has 0 radical (unpaired) electrons. The van der Waals surface area contributed by atoms with Gasteiger partial charge in [0.25, 0.3) is 0 Å². The van der Waals surface area contributed by atoms with Gasteiger partial charge in [-0.3, -0.25) is 4.79 Å². The molecule has 1 amide bonds. The average Bonchev–Trinajstić information content (AvgIpc) is 3.12. The summed E-state index contributed by atoms with van der Waals surface area (Å²) < 4.78 is 7.89. The molecule has 1 fully saturated rings. The van der Waals surface area contributed by atoms with E-state index in [0.29, 0.717) is 13.2 Å². The number of nitrogens with one attached hydrogen (secondary N) is 1. The zero-order chi connectivity index (χ0) is 13.9. The maximum absolute atomic E-state index is 12.2. The molecule has 0 aliphatic carbocycles. The molecule has 0 bridgehead atoms. The van der Waals surface area contributed by atoms with Crippen molar-refractivity contribution in [3.05, 3.63) is 41.1 Å². The fourth-order valence-electron chi connectivity index (χ4n) is 2.20. The summed E-state index contributed by atoms with van der Waals surface area (Å²) >= 11 is 3.43. The molecule has 5 nitrogen and oxygen atoms in total. The number of hydrogen-bond acceptors (Lipinski definition) is 3. The van der Waals surface area contributed by atoms with Crippen LogP contribution in [0.2, 0.25) is 0 Å². The number of aromatic nitrogens is 2. The normalized spacial score (nSPS) is 18.1. The van der Waals surface area contributed by atoms with Gasteiger partial charge in [-0.15, -0.1) is 0 Å². The van der Waals surface area contributed by atoms with Crippen LogP contribution in [0.3, 0.4) is 0 Å². The molecule has 104 valence electrons. The van der Waals surface area contributed by atoms with E-state index in [9.17, 15) is 4.79 Å². The third kappa shape index (κ3) is 2.76. The van der Waals surface area contributed by atoms with Crippen molar-refractivity contribution in [3.8, 4) is 5.69 Å². The third-order valence-corrected chi connectivity index (χ3v) is 3.76. The van der Waals surface area contributed by atoms with Gasteiger partial charge in [-0.05, 0) is 30.7 Å². The second kappa shape index (κ2) is 5.76. The minimum absolute atomic E-state index is 0.00555. The molecular weight excluding hydrogens is 322 g/mol. The van der Waals surface area contributed by atoms with Crippen LogP contribution < -0.4 is 5.32 Å². The molecule has 0 spiro atoms. The number of carbonyl (C=O) groups excluding carboxylic acids is 1. The van der Waals surface area contributed by atoms with Crippen molar-refractivity contribution in [3.63, 3.8) is 0 Å². The van der Waals surface area contributed by atoms with Gasteiger partial charge in [0, 0.05) is 23.5 Å². The summed E-state index contributed by atoms with van der Waals surface area (Å²) in [6.45, 7) is 1.15. The van der Waals surface area contributed by atoms with Crippen molar-refractivity contribution in [1.82, 2.24) is 9.78 Å². The molecule has 6 heteroatoms. The second-order valence-corrected chi connectivity index (χ2v) is 5.58. The van der Waals surface area contributed by atoms with E-state index >= 15 is 0 Å². The number of benzene rings is 1. The largest absolute Gasteiger partial charge is 0.381 e. The lowest BCUT2D eigenvalue weighted by Crippen LogP contribution is -2.23. The Kier molecular flexibility index (Phi) is 3.84. The first-order valence-corrected chi connectivity index (χ1v) is 7.21. The molecule has 1 aromatic heterocycles. The Morgan fingerprint density at radius 1 is 1.50 bits per heavy atom.